The standard InChI is InChI=1S/C28H27FN2O2S/c1-3-20-9-11-21(12-10-20)28(22-5-4-6-23(29)15-22)31-26(32)16-24-18-34-27(30-24)17-33-25-13-7-19(2)8-14-25/h4-15,18,28H,3,16-17H2,1-2H3,(H,31,32). The molecule has 4 nitrogen and oxygen atoms in total. The van der Waals surface area contributed by atoms with Crippen LogP contribution in [0, 0.1) is 12.7 Å². The second kappa shape index (κ2) is 11.1. The fourth-order valence-electron chi connectivity index (χ4n) is 3.64. The Morgan fingerprint density at radius 3 is 2.53 bits per heavy atom. The van der Waals surface area contributed by atoms with E-state index in [4.69, 9.17) is 4.74 Å². The first kappa shape index (κ1) is 23.6. The molecule has 174 valence electrons. The van der Waals surface area contributed by atoms with Crippen LogP contribution in [0.1, 0.15) is 45.9 Å². The molecular weight excluding hydrogens is 447 g/mol. The Bertz CT molecular complexity index is 1240. The number of aryl methyl sites for hydroxylation is 2. The van der Waals surface area contributed by atoms with Gasteiger partial charge in [-0.05, 0) is 54.3 Å². The van der Waals surface area contributed by atoms with Gasteiger partial charge in [0.05, 0.1) is 18.2 Å². The van der Waals surface area contributed by atoms with Gasteiger partial charge < -0.3 is 10.1 Å². The van der Waals surface area contributed by atoms with Crippen LogP contribution in [0.3, 0.4) is 0 Å². The molecule has 1 unspecified atom stereocenters. The predicted molar refractivity (Wildman–Crippen MR) is 134 cm³/mol. The molecule has 0 fully saturated rings. The predicted octanol–water partition coefficient (Wildman–Crippen LogP) is 6.18. The summed E-state index contributed by atoms with van der Waals surface area (Å²) in [7, 11) is 0. The van der Waals surface area contributed by atoms with Crippen molar-refractivity contribution in [2.24, 2.45) is 0 Å². The third kappa shape index (κ3) is 6.29. The minimum atomic E-state index is -0.447. The number of nitrogens with one attached hydrogen (secondary N) is 1. The summed E-state index contributed by atoms with van der Waals surface area (Å²) < 4.78 is 19.7. The van der Waals surface area contributed by atoms with E-state index in [1.165, 1.54) is 34.6 Å². The molecule has 0 spiro atoms. The van der Waals surface area contributed by atoms with Crippen LogP contribution in [0.25, 0.3) is 0 Å². The SMILES string of the molecule is CCc1ccc(C(NC(=O)Cc2csc(COc3ccc(C)cc3)n2)c2cccc(F)c2)cc1. The van der Waals surface area contributed by atoms with Crippen LogP contribution in [-0.2, 0) is 24.2 Å². The van der Waals surface area contributed by atoms with E-state index in [0.717, 1.165) is 22.7 Å². The number of hydrogen-bond acceptors (Lipinski definition) is 4. The topological polar surface area (TPSA) is 51.2 Å². The van der Waals surface area contributed by atoms with Crippen LogP contribution in [0.2, 0.25) is 0 Å². The van der Waals surface area contributed by atoms with E-state index in [2.05, 4.69) is 17.2 Å². The highest BCUT2D eigenvalue weighted by atomic mass is 32.1. The lowest BCUT2D eigenvalue weighted by Crippen LogP contribution is -2.30. The van der Waals surface area contributed by atoms with Crippen LogP contribution in [0.5, 0.6) is 5.75 Å². The van der Waals surface area contributed by atoms with Gasteiger partial charge in [-0.3, -0.25) is 4.79 Å². The molecule has 0 saturated carbocycles. The molecule has 0 aliphatic rings. The van der Waals surface area contributed by atoms with Crippen LogP contribution in [-0.4, -0.2) is 10.9 Å². The van der Waals surface area contributed by atoms with E-state index in [1.807, 2.05) is 66.9 Å². The molecule has 1 aromatic heterocycles. The fourth-order valence-corrected chi connectivity index (χ4v) is 4.35. The zero-order valence-corrected chi connectivity index (χ0v) is 20.1. The molecule has 0 aliphatic heterocycles. The Balaban J connectivity index is 1.43. The molecule has 0 saturated heterocycles. The van der Waals surface area contributed by atoms with Crippen molar-refractivity contribution < 1.29 is 13.9 Å². The van der Waals surface area contributed by atoms with Gasteiger partial charge in [-0.15, -0.1) is 11.3 Å². The number of carbonyl (C=O) groups excluding carboxylic acids is 1. The summed E-state index contributed by atoms with van der Waals surface area (Å²) >= 11 is 1.47. The number of hydrogen-bond donors (Lipinski definition) is 1. The molecule has 1 N–H and O–H groups in total. The molecule has 4 aromatic rings. The molecule has 1 atom stereocenters. The summed E-state index contributed by atoms with van der Waals surface area (Å²) in [6, 6.07) is 21.8. The Hall–Kier alpha value is -3.51. The van der Waals surface area contributed by atoms with Crippen molar-refractivity contribution in [3.63, 3.8) is 0 Å². The van der Waals surface area contributed by atoms with Gasteiger partial charge in [-0.25, -0.2) is 9.37 Å². The summed E-state index contributed by atoms with van der Waals surface area (Å²) in [5.74, 6) is 0.275. The molecule has 0 bridgehead atoms. The molecule has 0 radical (unpaired) electrons. The highest BCUT2D eigenvalue weighted by Crippen LogP contribution is 2.24. The van der Waals surface area contributed by atoms with Gasteiger partial charge in [0.2, 0.25) is 5.91 Å². The quantitative estimate of drug-likeness (QED) is 0.315. The van der Waals surface area contributed by atoms with E-state index in [-0.39, 0.29) is 18.1 Å². The average molecular weight is 475 g/mol. The highest BCUT2D eigenvalue weighted by molar-refractivity contribution is 7.09. The van der Waals surface area contributed by atoms with Crippen LogP contribution in [0.4, 0.5) is 4.39 Å². The van der Waals surface area contributed by atoms with Gasteiger partial charge in [-0.2, -0.15) is 0 Å². The minimum Gasteiger partial charge on any atom is -0.486 e. The van der Waals surface area contributed by atoms with E-state index in [1.54, 1.807) is 6.07 Å². The van der Waals surface area contributed by atoms with E-state index < -0.39 is 6.04 Å². The van der Waals surface area contributed by atoms with E-state index in [0.29, 0.717) is 17.9 Å². The van der Waals surface area contributed by atoms with Gasteiger partial charge in [0, 0.05) is 5.38 Å². The van der Waals surface area contributed by atoms with Gasteiger partial charge in [-0.1, -0.05) is 61.0 Å². The van der Waals surface area contributed by atoms with Crippen LogP contribution >= 0.6 is 11.3 Å². The Morgan fingerprint density at radius 1 is 1.06 bits per heavy atom. The first-order chi connectivity index (χ1) is 16.5. The molecular formula is C28H27FN2O2S. The Morgan fingerprint density at radius 2 is 1.82 bits per heavy atom. The number of benzene rings is 3. The Kier molecular flexibility index (Phi) is 7.70. The van der Waals surface area contributed by atoms with Crippen LogP contribution < -0.4 is 10.1 Å². The molecule has 0 aliphatic carbocycles. The summed E-state index contributed by atoms with van der Waals surface area (Å²) in [6.45, 7) is 4.47. The van der Waals surface area contributed by atoms with Gasteiger partial charge in [0.25, 0.3) is 0 Å². The van der Waals surface area contributed by atoms with Crippen molar-refractivity contribution in [1.29, 1.82) is 0 Å². The van der Waals surface area contributed by atoms with Gasteiger partial charge >= 0.3 is 0 Å². The summed E-state index contributed by atoms with van der Waals surface area (Å²) in [4.78, 5) is 17.5. The number of nitrogens with zero attached hydrogens (tertiary/aromatic N) is 1. The van der Waals surface area contributed by atoms with Gasteiger partial charge in [0.1, 0.15) is 23.2 Å². The third-order valence-electron chi connectivity index (χ3n) is 5.53. The number of aromatic nitrogens is 1. The summed E-state index contributed by atoms with van der Waals surface area (Å²) in [5, 5.41) is 5.74. The number of ether oxygens (including phenoxy) is 1. The molecule has 34 heavy (non-hydrogen) atoms. The van der Waals surface area contributed by atoms with Crippen molar-refractivity contribution >= 4 is 17.2 Å². The number of carbonyl (C=O) groups is 1. The minimum absolute atomic E-state index is 0.139. The first-order valence-corrected chi connectivity index (χ1v) is 12.1. The van der Waals surface area contributed by atoms with E-state index >= 15 is 0 Å². The highest BCUT2D eigenvalue weighted by Gasteiger charge is 2.19. The maximum Gasteiger partial charge on any atom is 0.226 e. The lowest BCUT2D eigenvalue weighted by atomic mass is 9.97. The lowest BCUT2D eigenvalue weighted by Gasteiger charge is -2.20. The first-order valence-electron chi connectivity index (χ1n) is 11.3. The van der Waals surface area contributed by atoms with E-state index in [9.17, 15) is 9.18 Å². The lowest BCUT2D eigenvalue weighted by molar-refractivity contribution is -0.121. The van der Waals surface area contributed by atoms with Crippen LogP contribution in [0.15, 0.2) is 78.2 Å². The molecule has 3 aromatic carbocycles. The smallest absolute Gasteiger partial charge is 0.226 e. The number of thiazole rings is 1. The summed E-state index contributed by atoms with van der Waals surface area (Å²) in [5.41, 5.74) is 4.66. The zero-order valence-electron chi connectivity index (χ0n) is 19.3. The zero-order chi connectivity index (χ0) is 23.9. The van der Waals surface area contributed by atoms with Crippen molar-refractivity contribution in [2.45, 2.75) is 39.3 Å². The number of amides is 1. The molecule has 4 rings (SSSR count). The fraction of sp³-hybridized carbons (Fsp3) is 0.214. The maximum atomic E-state index is 13.9. The molecule has 1 heterocycles. The largest absolute Gasteiger partial charge is 0.486 e. The normalized spacial score (nSPS) is 11.7. The maximum absolute atomic E-state index is 13.9. The third-order valence-corrected chi connectivity index (χ3v) is 6.40. The number of rotatable bonds is 9. The monoisotopic (exact) mass is 474 g/mol. The summed E-state index contributed by atoms with van der Waals surface area (Å²) in [6.07, 6.45) is 1.07. The van der Waals surface area contributed by atoms with Crippen molar-refractivity contribution in [3.8, 4) is 5.75 Å². The van der Waals surface area contributed by atoms with Crippen molar-refractivity contribution in [3.05, 3.63) is 117 Å². The second-order valence-electron chi connectivity index (χ2n) is 8.16. The molecule has 1 amide bonds. The van der Waals surface area contributed by atoms with Gasteiger partial charge in [0.15, 0.2) is 0 Å². The number of halogens is 1. The second-order valence-corrected chi connectivity index (χ2v) is 9.10. The van der Waals surface area contributed by atoms with Crippen molar-refractivity contribution in [1.82, 2.24) is 10.3 Å². The molecule has 6 heteroatoms. The Labute approximate surface area is 203 Å². The average Bonchev–Trinajstić information content (AvgIpc) is 3.29. The van der Waals surface area contributed by atoms with Crippen molar-refractivity contribution in [2.75, 3.05) is 0 Å².